The summed E-state index contributed by atoms with van der Waals surface area (Å²) >= 11 is 0. The number of rotatable bonds is 4. The lowest BCUT2D eigenvalue weighted by atomic mass is 10.00. The highest BCUT2D eigenvalue weighted by molar-refractivity contribution is 5.89. The molecule has 0 unspecified atom stereocenters. The van der Waals surface area contributed by atoms with Crippen LogP contribution in [0.25, 0.3) is 0 Å². The van der Waals surface area contributed by atoms with Crippen molar-refractivity contribution in [3.05, 3.63) is 23.4 Å². The van der Waals surface area contributed by atoms with Gasteiger partial charge in [0.05, 0.1) is 0 Å². The molecule has 3 atom stereocenters. The Labute approximate surface area is 130 Å². The minimum Gasteiger partial charge on any atom is -0.543 e. The fourth-order valence-electron chi connectivity index (χ4n) is 2.58. The maximum atomic E-state index is 11.1. The van der Waals surface area contributed by atoms with Crippen LogP contribution in [0.4, 0.5) is 0 Å². The van der Waals surface area contributed by atoms with Crippen LogP contribution in [0.5, 0.6) is 0 Å². The molecule has 0 bridgehead atoms. The Morgan fingerprint density at radius 1 is 1.35 bits per heavy atom. The number of β-amino-alcohol motifs (C(OH)–C–C–N with tert-alkyl or cyclic N) is 1. The molecule has 0 radical (unpaired) electrons. The van der Waals surface area contributed by atoms with Crippen molar-refractivity contribution in [2.75, 3.05) is 6.54 Å². The molecule has 0 saturated carbocycles. The van der Waals surface area contributed by atoms with Crippen LogP contribution >= 0.6 is 0 Å². The number of aliphatic hydroxyl groups excluding tert-OH is 1. The van der Waals surface area contributed by atoms with Gasteiger partial charge >= 0.3 is 11.9 Å². The molecule has 1 saturated heterocycles. The van der Waals surface area contributed by atoms with Crippen molar-refractivity contribution in [1.82, 2.24) is 5.32 Å². The minimum atomic E-state index is -1.31. The molecule has 23 heavy (non-hydrogen) atoms. The molecule has 9 nitrogen and oxygen atoms in total. The van der Waals surface area contributed by atoms with Gasteiger partial charge in [0.25, 0.3) is 0 Å². The monoisotopic (exact) mass is 324 g/mol. The third kappa shape index (κ3) is 3.95. The maximum absolute atomic E-state index is 11.1. The fourth-order valence-corrected chi connectivity index (χ4v) is 2.58. The van der Waals surface area contributed by atoms with E-state index in [1.165, 1.54) is 22.9 Å². The van der Waals surface area contributed by atoms with Gasteiger partial charge in [0.2, 0.25) is 0 Å². The highest BCUT2D eigenvalue weighted by atomic mass is 16.4. The Hall–Kier alpha value is -2.68. The predicted octanol–water partition coefficient (Wildman–Crippen LogP) is -2.71. The van der Waals surface area contributed by atoms with E-state index in [1.54, 1.807) is 0 Å². The van der Waals surface area contributed by atoms with Crippen molar-refractivity contribution in [3.63, 3.8) is 0 Å². The summed E-state index contributed by atoms with van der Waals surface area (Å²) in [5, 5.41) is 41.0. The smallest absolute Gasteiger partial charge is 0.351 e. The normalized spacial score (nSPS) is 30.8. The second kappa shape index (κ2) is 6.61. The van der Waals surface area contributed by atoms with Crippen molar-refractivity contribution in [2.24, 2.45) is 0 Å². The first-order valence-corrected chi connectivity index (χ1v) is 6.91. The van der Waals surface area contributed by atoms with Gasteiger partial charge in [-0.25, -0.2) is 14.2 Å². The molecule has 0 aromatic heterocycles. The van der Waals surface area contributed by atoms with E-state index < -0.39 is 36.1 Å². The zero-order valence-corrected chi connectivity index (χ0v) is 12.0. The fraction of sp³-hybridized carbons (Fsp3) is 0.429. The molecule has 2 rings (SSSR count). The largest absolute Gasteiger partial charge is 0.543 e. The van der Waals surface area contributed by atoms with Gasteiger partial charge in [-0.15, -0.1) is 0 Å². The first-order valence-electron chi connectivity index (χ1n) is 6.91. The lowest BCUT2D eigenvalue weighted by Crippen LogP contribution is -2.41. The molecule has 0 aromatic carbocycles. The topological polar surface area (TPSA) is 150 Å². The van der Waals surface area contributed by atoms with E-state index >= 15 is 0 Å². The van der Waals surface area contributed by atoms with E-state index in [0.717, 1.165) is 0 Å². The molecule has 0 aromatic rings. The predicted molar refractivity (Wildman–Crippen MR) is 73.6 cm³/mol. The van der Waals surface area contributed by atoms with Crippen LogP contribution in [0.1, 0.15) is 12.8 Å². The zero-order chi connectivity index (χ0) is 17.1. The van der Waals surface area contributed by atoms with E-state index in [1.807, 2.05) is 0 Å². The number of carboxylic acids is 3. The van der Waals surface area contributed by atoms with Crippen LogP contribution in [-0.2, 0) is 14.4 Å². The van der Waals surface area contributed by atoms with Crippen molar-refractivity contribution >= 4 is 24.1 Å². The van der Waals surface area contributed by atoms with Crippen LogP contribution in [-0.4, -0.2) is 68.8 Å². The molecular weight excluding hydrogens is 308 g/mol. The molecule has 2 heterocycles. The number of carboxylic acid groups (broad SMARTS) is 3. The molecule has 2 aliphatic heterocycles. The van der Waals surface area contributed by atoms with Gasteiger partial charge < -0.3 is 30.5 Å². The van der Waals surface area contributed by atoms with Crippen LogP contribution < -0.4 is 10.4 Å². The molecule has 0 aliphatic carbocycles. The third-order valence-electron chi connectivity index (χ3n) is 3.70. The average Bonchev–Trinajstić information content (AvgIpc) is 2.86. The SMILES string of the molecule is O=C(O)C1=C/C(=C/C=[N+]2/C[C@H](O)C[C@H]2C(=O)[O-])C[C@@H](C(=O)O)N1. The first kappa shape index (κ1) is 16.7. The number of aliphatic hydroxyl groups is 1. The molecule has 0 amide bonds. The van der Waals surface area contributed by atoms with Crippen LogP contribution in [0.15, 0.2) is 23.4 Å². The Morgan fingerprint density at radius 2 is 2.04 bits per heavy atom. The van der Waals surface area contributed by atoms with E-state index in [0.29, 0.717) is 5.57 Å². The van der Waals surface area contributed by atoms with Gasteiger partial charge in [0.15, 0.2) is 18.8 Å². The van der Waals surface area contributed by atoms with E-state index in [2.05, 4.69) is 5.32 Å². The van der Waals surface area contributed by atoms with Crippen molar-refractivity contribution < 1.29 is 39.4 Å². The summed E-state index contributed by atoms with van der Waals surface area (Å²) in [6.07, 6.45) is 3.45. The summed E-state index contributed by atoms with van der Waals surface area (Å²) in [6.45, 7) is 0.110. The average molecular weight is 324 g/mol. The van der Waals surface area contributed by atoms with Gasteiger partial charge in [0.1, 0.15) is 23.8 Å². The summed E-state index contributed by atoms with van der Waals surface area (Å²) in [6, 6.07) is -2.05. The molecular formula is C14H16N2O7. The standard InChI is InChI=1S/C14H16N2O7/c17-8-5-11(14(22)23)16(6-8)2-1-7-3-9(12(18)19)15-10(4-7)13(20)21/h1-3,8,10-11,17H,4-6H2,(H3,18,19,20,21,22,23)/t8-,10+,11+/m1/s1. The molecule has 2 aliphatic rings. The highest BCUT2D eigenvalue weighted by Gasteiger charge is 2.35. The van der Waals surface area contributed by atoms with Gasteiger partial charge in [-0.1, -0.05) is 0 Å². The van der Waals surface area contributed by atoms with E-state index in [9.17, 15) is 24.6 Å². The second-order valence-corrected chi connectivity index (χ2v) is 5.41. The summed E-state index contributed by atoms with van der Waals surface area (Å²) in [5.41, 5.74) is 0.174. The van der Waals surface area contributed by atoms with Crippen LogP contribution in [0.3, 0.4) is 0 Å². The van der Waals surface area contributed by atoms with E-state index in [4.69, 9.17) is 10.2 Å². The Bertz CT molecular complexity index is 635. The highest BCUT2D eigenvalue weighted by Crippen LogP contribution is 2.17. The van der Waals surface area contributed by atoms with Gasteiger partial charge in [-0.05, 0) is 11.6 Å². The van der Waals surface area contributed by atoms with Crippen molar-refractivity contribution in [2.45, 2.75) is 31.0 Å². The summed E-state index contributed by atoms with van der Waals surface area (Å²) in [4.78, 5) is 33.1. The molecule has 1 fully saturated rings. The number of nitrogens with one attached hydrogen (secondary N) is 1. The number of nitrogens with zero attached hydrogens (tertiary/aromatic N) is 1. The quantitative estimate of drug-likeness (QED) is 0.408. The number of carbonyl (C=O) groups is 3. The number of hydrogen-bond acceptors (Lipinski definition) is 6. The Kier molecular flexibility index (Phi) is 4.80. The summed E-state index contributed by atoms with van der Waals surface area (Å²) in [7, 11) is 0. The Balaban J connectivity index is 2.27. The van der Waals surface area contributed by atoms with Gasteiger partial charge in [-0.2, -0.15) is 0 Å². The number of hydrogen-bond donors (Lipinski definition) is 4. The number of allylic oxidation sites excluding steroid dienone is 2. The minimum absolute atomic E-state index is 0.0392. The summed E-state index contributed by atoms with van der Waals surface area (Å²) < 4.78 is 1.37. The van der Waals surface area contributed by atoms with Crippen molar-refractivity contribution in [3.8, 4) is 0 Å². The van der Waals surface area contributed by atoms with Gasteiger partial charge in [0, 0.05) is 18.9 Å². The lowest BCUT2D eigenvalue weighted by molar-refractivity contribution is -0.541. The van der Waals surface area contributed by atoms with E-state index in [-0.39, 0.29) is 25.1 Å². The first-order chi connectivity index (χ1) is 10.8. The van der Waals surface area contributed by atoms with Crippen LogP contribution in [0.2, 0.25) is 0 Å². The zero-order valence-electron chi connectivity index (χ0n) is 12.0. The summed E-state index contributed by atoms with van der Waals surface area (Å²) in [5.74, 6) is -3.79. The molecule has 0 spiro atoms. The lowest BCUT2D eigenvalue weighted by Gasteiger charge is -2.21. The van der Waals surface area contributed by atoms with Crippen LogP contribution in [0, 0.1) is 0 Å². The van der Waals surface area contributed by atoms with Crippen molar-refractivity contribution in [1.29, 1.82) is 0 Å². The van der Waals surface area contributed by atoms with Gasteiger partial charge in [-0.3, -0.25) is 0 Å². The third-order valence-corrected chi connectivity index (χ3v) is 3.70. The number of carbonyl (C=O) groups excluding carboxylic acids is 1. The Morgan fingerprint density at radius 3 is 2.61 bits per heavy atom. The molecule has 9 heteroatoms. The second-order valence-electron chi connectivity index (χ2n) is 5.41. The molecule has 4 N–H and O–H groups in total. The molecule has 124 valence electrons. The number of aliphatic carboxylic acids is 3. The maximum Gasteiger partial charge on any atom is 0.351 e.